The molecule has 1 fully saturated rings. The quantitative estimate of drug-likeness (QED) is 0.639. The molecule has 0 atom stereocenters. The molecule has 3 rings (SSSR count). The standard InChI is InChI=1S/C21H21NO3/c1-24-21(23)20-10-8-18(9-11-20)3-2-17-4-6-19(7-5-17)16-22-12-14-25-15-13-22/h4-11H,12-16H2,1H3. The lowest BCUT2D eigenvalue weighted by Crippen LogP contribution is -2.35. The number of hydrogen-bond donors (Lipinski definition) is 0. The van der Waals surface area contributed by atoms with Crippen LogP contribution in [0.1, 0.15) is 27.0 Å². The molecule has 0 radical (unpaired) electrons. The summed E-state index contributed by atoms with van der Waals surface area (Å²) in [5.41, 5.74) is 3.66. The molecule has 1 aliphatic heterocycles. The van der Waals surface area contributed by atoms with Crippen LogP contribution in [0.25, 0.3) is 0 Å². The highest BCUT2D eigenvalue weighted by atomic mass is 16.5. The van der Waals surface area contributed by atoms with Crippen LogP contribution in [0.2, 0.25) is 0 Å². The summed E-state index contributed by atoms with van der Waals surface area (Å²) in [5, 5.41) is 0. The first-order valence-electron chi connectivity index (χ1n) is 8.34. The molecule has 128 valence electrons. The van der Waals surface area contributed by atoms with Crippen molar-refractivity contribution in [2.75, 3.05) is 33.4 Å². The van der Waals surface area contributed by atoms with Gasteiger partial charge in [-0.05, 0) is 42.0 Å². The molecule has 0 amide bonds. The number of benzene rings is 2. The van der Waals surface area contributed by atoms with Gasteiger partial charge in [0.1, 0.15) is 0 Å². The maximum absolute atomic E-state index is 11.4. The number of methoxy groups -OCH3 is 1. The topological polar surface area (TPSA) is 38.8 Å². The molecule has 0 bridgehead atoms. The lowest BCUT2D eigenvalue weighted by Gasteiger charge is -2.26. The Morgan fingerprint density at radius 2 is 1.56 bits per heavy atom. The summed E-state index contributed by atoms with van der Waals surface area (Å²) in [4.78, 5) is 13.8. The summed E-state index contributed by atoms with van der Waals surface area (Å²) in [6.07, 6.45) is 0. The highest BCUT2D eigenvalue weighted by Crippen LogP contribution is 2.09. The lowest BCUT2D eigenvalue weighted by atomic mass is 10.1. The van der Waals surface area contributed by atoms with Crippen molar-refractivity contribution in [1.82, 2.24) is 4.90 Å². The van der Waals surface area contributed by atoms with Gasteiger partial charge < -0.3 is 9.47 Å². The maximum atomic E-state index is 11.4. The van der Waals surface area contributed by atoms with Crippen molar-refractivity contribution in [3.05, 3.63) is 70.8 Å². The number of nitrogens with zero attached hydrogens (tertiary/aromatic N) is 1. The lowest BCUT2D eigenvalue weighted by molar-refractivity contribution is 0.0342. The zero-order chi connectivity index (χ0) is 17.5. The molecule has 25 heavy (non-hydrogen) atoms. The van der Waals surface area contributed by atoms with Crippen LogP contribution in [0, 0.1) is 11.8 Å². The van der Waals surface area contributed by atoms with Gasteiger partial charge in [-0.3, -0.25) is 4.90 Å². The summed E-state index contributed by atoms with van der Waals surface area (Å²) in [6, 6.07) is 15.4. The molecule has 2 aromatic rings. The van der Waals surface area contributed by atoms with E-state index in [1.165, 1.54) is 12.7 Å². The van der Waals surface area contributed by atoms with Crippen molar-refractivity contribution >= 4 is 5.97 Å². The Bertz CT molecular complexity index is 764. The Morgan fingerprint density at radius 3 is 2.12 bits per heavy atom. The van der Waals surface area contributed by atoms with Crippen molar-refractivity contribution in [3.8, 4) is 11.8 Å². The van der Waals surface area contributed by atoms with Gasteiger partial charge in [0.05, 0.1) is 25.9 Å². The van der Waals surface area contributed by atoms with E-state index >= 15 is 0 Å². The minimum atomic E-state index is -0.338. The zero-order valence-corrected chi connectivity index (χ0v) is 14.3. The van der Waals surface area contributed by atoms with E-state index in [1.807, 2.05) is 24.3 Å². The summed E-state index contributed by atoms with van der Waals surface area (Å²) in [6.45, 7) is 4.56. The van der Waals surface area contributed by atoms with Gasteiger partial charge in [0, 0.05) is 30.8 Å². The van der Waals surface area contributed by atoms with Crippen molar-refractivity contribution in [3.63, 3.8) is 0 Å². The molecule has 1 aliphatic rings. The van der Waals surface area contributed by atoms with Gasteiger partial charge in [-0.25, -0.2) is 4.79 Å². The highest BCUT2D eigenvalue weighted by Gasteiger charge is 2.10. The average Bonchev–Trinajstić information content (AvgIpc) is 2.68. The van der Waals surface area contributed by atoms with Gasteiger partial charge in [-0.1, -0.05) is 24.0 Å². The zero-order valence-electron chi connectivity index (χ0n) is 14.3. The summed E-state index contributed by atoms with van der Waals surface area (Å²) in [7, 11) is 1.37. The van der Waals surface area contributed by atoms with Gasteiger partial charge in [-0.2, -0.15) is 0 Å². The van der Waals surface area contributed by atoms with E-state index in [1.54, 1.807) is 12.1 Å². The third kappa shape index (κ3) is 4.93. The Kier molecular flexibility index (Phi) is 5.84. The van der Waals surface area contributed by atoms with E-state index < -0.39 is 0 Å². The number of carbonyl (C=O) groups is 1. The number of ether oxygens (including phenoxy) is 2. The van der Waals surface area contributed by atoms with Crippen molar-refractivity contribution in [2.45, 2.75) is 6.54 Å². The molecule has 0 N–H and O–H groups in total. The van der Waals surface area contributed by atoms with E-state index in [9.17, 15) is 4.79 Å². The molecule has 0 saturated carbocycles. The summed E-state index contributed by atoms with van der Waals surface area (Å²) >= 11 is 0. The van der Waals surface area contributed by atoms with Crippen LogP contribution in [-0.2, 0) is 16.0 Å². The summed E-state index contributed by atoms with van der Waals surface area (Å²) < 4.78 is 10.1. The molecule has 0 aliphatic carbocycles. The van der Waals surface area contributed by atoms with E-state index in [-0.39, 0.29) is 5.97 Å². The monoisotopic (exact) mass is 335 g/mol. The number of carbonyl (C=O) groups excluding carboxylic acids is 1. The predicted octanol–water partition coefficient (Wildman–Crippen LogP) is 2.71. The molecule has 0 aromatic heterocycles. The van der Waals surface area contributed by atoms with Crippen LogP contribution in [0.3, 0.4) is 0 Å². The molecule has 4 nitrogen and oxygen atoms in total. The maximum Gasteiger partial charge on any atom is 0.337 e. The first-order valence-corrected chi connectivity index (χ1v) is 8.34. The first kappa shape index (κ1) is 17.2. The largest absolute Gasteiger partial charge is 0.465 e. The molecular formula is C21H21NO3. The summed E-state index contributed by atoms with van der Waals surface area (Å²) in [5.74, 6) is 5.93. The predicted molar refractivity (Wildman–Crippen MR) is 96.3 cm³/mol. The van der Waals surface area contributed by atoms with Gasteiger partial charge in [0.2, 0.25) is 0 Å². The number of hydrogen-bond acceptors (Lipinski definition) is 4. The fourth-order valence-electron chi connectivity index (χ4n) is 2.66. The number of esters is 1. The fraction of sp³-hybridized carbons (Fsp3) is 0.286. The minimum Gasteiger partial charge on any atom is -0.465 e. The van der Waals surface area contributed by atoms with Crippen LogP contribution in [0.15, 0.2) is 48.5 Å². The van der Waals surface area contributed by atoms with Crippen molar-refractivity contribution in [2.24, 2.45) is 0 Å². The second-order valence-corrected chi connectivity index (χ2v) is 5.90. The van der Waals surface area contributed by atoms with Gasteiger partial charge >= 0.3 is 5.97 Å². The second-order valence-electron chi connectivity index (χ2n) is 5.90. The van der Waals surface area contributed by atoms with Gasteiger partial charge in [-0.15, -0.1) is 0 Å². The minimum absolute atomic E-state index is 0.338. The Hall–Kier alpha value is -2.61. The normalized spacial score (nSPS) is 14.4. The molecule has 1 heterocycles. The highest BCUT2D eigenvalue weighted by molar-refractivity contribution is 5.89. The molecule has 4 heteroatoms. The van der Waals surface area contributed by atoms with Crippen LogP contribution in [0.4, 0.5) is 0 Å². The SMILES string of the molecule is COC(=O)c1ccc(C#Cc2ccc(CN3CCOCC3)cc2)cc1. The van der Waals surface area contributed by atoms with Crippen LogP contribution in [-0.4, -0.2) is 44.3 Å². The third-order valence-electron chi connectivity index (χ3n) is 4.12. The molecular weight excluding hydrogens is 314 g/mol. The Labute approximate surface area is 148 Å². The molecule has 0 spiro atoms. The van der Waals surface area contributed by atoms with Crippen LogP contribution in [0.5, 0.6) is 0 Å². The smallest absolute Gasteiger partial charge is 0.337 e. The first-order chi connectivity index (χ1) is 12.2. The third-order valence-corrected chi connectivity index (χ3v) is 4.12. The van der Waals surface area contributed by atoms with E-state index in [0.29, 0.717) is 5.56 Å². The van der Waals surface area contributed by atoms with Crippen LogP contribution >= 0.6 is 0 Å². The Morgan fingerprint density at radius 1 is 1.00 bits per heavy atom. The molecule has 1 saturated heterocycles. The second kappa shape index (κ2) is 8.48. The number of rotatable bonds is 3. The van der Waals surface area contributed by atoms with Crippen molar-refractivity contribution < 1.29 is 14.3 Å². The van der Waals surface area contributed by atoms with E-state index in [2.05, 4.69) is 33.6 Å². The van der Waals surface area contributed by atoms with E-state index in [0.717, 1.165) is 44.0 Å². The molecule has 0 unspecified atom stereocenters. The van der Waals surface area contributed by atoms with Gasteiger partial charge in [0.15, 0.2) is 0 Å². The number of morpholine rings is 1. The Balaban J connectivity index is 1.61. The fourth-order valence-corrected chi connectivity index (χ4v) is 2.66. The average molecular weight is 335 g/mol. The van der Waals surface area contributed by atoms with Gasteiger partial charge in [0.25, 0.3) is 0 Å². The van der Waals surface area contributed by atoms with Crippen molar-refractivity contribution in [1.29, 1.82) is 0 Å². The van der Waals surface area contributed by atoms with Crippen LogP contribution < -0.4 is 0 Å². The van der Waals surface area contributed by atoms with E-state index in [4.69, 9.17) is 4.74 Å². The molecule has 2 aromatic carbocycles.